The molecule has 1 aromatic carbocycles. The van der Waals surface area contributed by atoms with Crippen molar-refractivity contribution in [2.75, 3.05) is 31.6 Å². The van der Waals surface area contributed by atoms with Crippen molar-refractivity contribution >= 4 is 32.6 Å². The monoisotopic (exact) mass is 319 g/mol. The van der Waals surface area contributed by atoms with Crippen LogP contribution in [0.1, 0.15) is 13.3 Å². The summed E-state index contributed by atoms with van der Waals surface area (Å²) in [6.07, 6.45) is 0.651. The van der Waals surface area contributed by atoms with Crippen molar-refractivity contribution in [1.29, 1.82) is 0 Å². The van der Waals surface area contributed by atoms with E-state index in [4.69, 9.17) is 0 Å². The van der Waals surface area contributed by atoms with Crippen LogP contribution in [0.4, 0.5) is 5.13 Å². The molecule has 3 rings (SSSR count). The minimum Gasteiger partial charge on any atom is -0.393 e. The van der Waals surface area contributed by atoms with Gasteiger partial charge in [-0.25, -0.2) is 4.98 Å². The highest BCUT2D eigenvalue weighted by Gasteiger charge is 2.28. The van der Waals surface area contributed by atoms with E-state index in [0.29, 0.717) is 6.54 Å². The third-order valence-corrected chi connectivity index (χ3v) is 5.41. The summed E-state index contributed by atoms with van der Waals surface area (Å²) in [5, 5.41) is 10.4. The molecule has 1 aliphatic rings. The number of carbonyl (C=O) groups excluding carboxylic acids is 1. The molecule has 6 heteroatoms. The molecule has 0 saturated carbocycles. The Kier molecular flexibility index (Phi) is 4.42. The lowest BCUT2D eigenvalue weighted by molar-refractivity contribution is -0.119. The Morgan fingerprint density at radius 2 is 2.32 bits per heavy atom. The first-order valence-electron chi connectivity index (χ1n) is 7.57. The van der Waals surface area contributed by atoms with Crippen LogP contribution in [0, 0.1) is 5.92 Å². The Morgan fingerprint density at radius 3 is 3.00 bits per heavy atom. The van der Waals surface area contributed by atoms with Crippen molar-refractivity contribution in [2.45, 2.75) is 19.4 Å². The number of hydrogen-bond acceptors (Lipinski definition) is 5. The number of rotatable bonds is 4. The minimum absolute atomic E-state index is 0.0466. The predicted octanol–water partition coefficient (Wildman–Crippen LogP) is 1.96. The van der Waals surface area contributed by atoms with Gasteiger partial charge in [-0.1, -0.05) is 23.5 Å². The van der Waals surface area contributed by atoms with Crippen LogP contribution < -0.4 is 4.90 Å². The van der Waals surface area contributed by atoms with E-state index in [1.165, 1.54) is 11.3 Å². The van der Waals surface area contributed by atoms with Crippen molar-refractivity contribution in [3.63, 3.8) is 0 Å². The highest BCUT2D eigenvalue weighted by Crippen LogP contribution is 2.28. The number of hydrogen-bond donors (Lipinski definition) is 1. The summed E-state index contributed by atoms with van der Waals surface area (Å²) >= 11 is 1.53. The molecule has 2 atom stereocenters. The molecule has 118 valence electrons. The molecule has 1 aliphatic heterocycles. The molecule has 0 spiro atoms. The zero-order valence-corrected chi connectivity index (χ0v) is 13.7. The van der Waals surface area contributed by atoms with E-state index in [9.17, 15) is 9.90 Å². The van der Waals surface area contributed by atoms with E-state index in [1.54, 1.807) is 11.9 Å². The largest absolute Gasteiger partial charge is 0.393 e. The van der Waals surface area contributed by atoms with E-state index >= 15 is 0 Å². The van der Waals surface area contributed by atoms with Crippen molar-refractivity contribution in [1.82, 2.24) is 9.88 Å². The van der Waals surface area contributed by atoms with Crippen molar-refractivity contribution < 1.29 is 9.90 Å². The third kappa shape index (κ3) is 3.14. The number of likely N-dealkylation sites (tertiary alicyclic amines) is 1. The molecular weight excluding hydrogens is 298 g/mol. The zero-order chi connectivity index (χ0) is 15.7. The van der Waals surface area contributed by atoms with Crippen LogP contribution in [0.15, 0.2) is 24.3 Å². The molecule has 2 unspecified atom stereocenters. The quantitative estimate of drug-likeness (QED) is 0.936. The van der Waals surface area contributed by atoms with Gasteiger partial charge in [0.1, 0.15) is 0 Å². The third-order valence-electron chi connectivity index (χ3n) is 4.29. The maximum atomic E-state index is 12.4. The number of fused-ring (bicyclic) bond motifs is 1. The molecule has 0 bridgehead atoms. The summed E-state index contributed by atoms with van der Waals surface area (Å²) in [5.74, 6) is 0.325. The molecule has 2 heterocycles. The Hall–Kier alpha value is -1.50. The number of aliphatic hydroxyl groups excluding tert-OH is 1. The van der Waals surface area contributed by atoms with Gasteiger partial charge in [0.05, 0.1) is 22.9 Å². The van der Waals surface area contributed by atoms with Gasteiger partial charge in [0, 0.05) is 13.6 Å². The number of aliphatic hydroxyl groups is 1. The van der Waals surface area contributed by atoms with Crippen LogP contribution in [0.3, 0.4) is 0 Å². The van der Waals surface area contributed by atoms with Crippen molar-refractivity contribution in [2.24, 2.45) is 5.92 Å². The van der Waals surface area contributed by atoms with Crippen LogP contribution in [-0.2, 0) is 4.79 Å². The van der Waals surface area contributed by atoms with E-state index in [0.717, 1.165) is 34.9 Å². The summed E-state index contributed by atoms with van der Waals surface area (Å²) in [7, 11) is 1.78. The normalized spacial score (nSPS) is 20.4. The number of aromatic nitrogens is 1. The summed E-state index contributed by atoms with van der Waals surface area (Å²) < 4.78 is 1.09. The SMILES string of the molecule is CC(O)C1CCN(CC(=O)N(C)c2nc3ccccc3s2)C1. The Morgan fingerprint density at radius 1 is 1.55 bits per heavy atom. The number of benzene rings is 1. The van der Waals surface area contributed by atoms with Gasteiger partial charge in [0.15, 0.2) is 5.13 Å². The molecule has 5 nitrogen and oxygen atoms in total. The van der Waals surface area contributed by atoms with E-state index < -0.39 is 0 Å². The maximum Gasteiger partial charge on any atom is 0.242 e. The molecule has 1 N–H and O–H groups in total. The van der Waals surface area contributed by atoms with Crippen LogP contribution in [-0.4, -0.2) is 53.7 Å². The van der Waals surface area contributed by atoms with Gasteiger partial charge in [0.25, 0.3) is 0 Å². The topological polar surface area (TPSA) is 56.7 Å². The van der Waals surface area contributed by atoms with E-state index in [1.807, 2.05) is 31.2 Å². The summed E-state index contributed by atoms with van der Waals surface area (Å²) in [6, 6.07) is 7.91. The van der Waals surface area contributed by atoms with E-state index in [-0.39, 0.29) is 17.9 Å². The number of nitrogens with zero attached hydrogens (tertiary/aromatic N) is 3. The number of carbonyl (C=O) groups is 1. The highest BCUT2D eigenvalue weighted by molar-refractivity contribution is 7.22. The zero-order valence-electron chi connectivity index (χ0n) is 12.9. The lowest BCUT2D eigenvalue weighted by Gasteiger charge is -2.20. The maximum absolute atomic E-state index is 12.4. The molecular formula is C16H21N3O2S. The first-order valence-corrected chi connectivity index (χ1v) is 8.39. The second kappa shape index (κ2) is 6.32. The molecule has 1 amide bonds. The second-order valence-electron chi connectivity index (χ2n) is 5.94. The molecule has 1 aromatic heterocycles. The van der Waals surface area contributed by atoms with Gasteiger partial charge >= 0.3 is 0 Å². The van der Waals surface area contributed by atoms with Gasteiger partial charge in [-0.3, -0.25) is 14.6 Å². The van der Waals surface area contributed by atoms with Gasteiger partial charge in [-0.2, -0.15) is 0 Å². The van der Waals surface area contributed by atoms with Gasteiger partial charge < -0.3 is 5.11 Å². The Balaban J connectivity index is 1.64. The van der Waals surface area contributed by atoms with Crippen LogP contribution in [0.5, 0.6) is 0 Å². The van der Waals surface area contributed by atoms with Crippen LogP contribution in [0.2, 0.25) is 0 Å². The number of thiazole rings is 1. The Bertz CT molecular complexity index is 637. The van der Waals surface area contributed by atoms with E-state index in [2.05, 4.69) is 9.88 Å². The average Bonchev–Trinajstić information content (AvgIpc) is 3.12. The van der Waals surface area contributed by atoms with Gasteiger partial charge in [0.2, 0.25) is 5.91 Å². The van der Waals surface area contributed by atoms with Crippen LogP contribution >= 0.6 is 11.3 Å². The highest BCUT2D eigenvalue weighted by atomic mass is 32.1. The fourth-order valence-corrected chi connectivity index (χ4v) is 3.75. The average molecular weight is 319 g/mol. The van der Waals surface area contributed by atoms with Crippen LogP contribution in [0.25, 0.3) is 10.2 Å². The Labute approximate surface area is 134 Å². The number of anilines is 1. The number of amides is 1. The first kappa shape index (κ1) is 15.4. The smallest absolute Gasteiger partial charge is 0.242 e. The fraction of sp³-hybridized carbons (Fsp3) is 0.500. The standard InChI is InChI=1S/C16H21N3O2S/c1-11(20)12-7-8-19(9-12)10-15(21)18(2)16-17-13-5-3-4-6-14(13)22-16/h3-6,11-12,20H,7-10H2,1-2H3. The molecule has 1 saturated heterocycles. The summed E-state index contributed by atoms with van der Waals surface area (Å²) in [4.78, 5) is 20.7. The first-order chi connectivity index (χ1) is 10.5. The molecule has 1 fully saturated rings. The summed E-state index contributed by atoms with van der Waals surface area (Å²) in [5.41, 5.74) is 0.928. The lowest BCUT2D eigenvalue weighted by Crippen LogP contribution is -2.37. The molecule has 0 radical (unpaired) electrons. The van der Waals surface area contributed by atoms with Crippen molar-refractivity contribution in [3.05, 3.63) is 24.3 Å². The van der Waals surface area contributed by atoms with Gasteiger partial charge in [-0.15, -0.1) is 0 Å². The van der Waals surface area contributed by atoms with Crippen molar-refractivity contribution in [3.8, 4) is 0 Å². The minimum atomic E-state index is -0.304. The number of para-hydroxylation sites is 1. The lowest BCUT2D eigenvalue weighted by atomic mass is 10.0. The molecule has 2 aromatic rings. The molecule has 22 heavy (non-hydrogen) atoms. The number of likely N-dealkylation sites (N-methyl/N-ethyl adjacent to an activating group) is 1. The summed E-state index contributed by atoms with van der Waals surface area (Å²) in [6.45, 7) is 3.87. The predicted molar refractivity (Wildman–Crippen MR) is 89.3 cm³/mol. The molecule has 0 aliphatic carbocycles. The van der Waals surface area contributed by atoms with Gasteiger partial charge in [-0.05, 0) is 37.9 Å². The fourth-order valence-electron chi connectivity index (χ4n) is 2.81. The second-order valence-corrected chi connectivity index (χ2v) is 6.95.